The molecule has 4 nitrogen and oxygen atoms in total. The van der Waals surface area contributed by atoms with Gasteiger partial charge in [0.15, 0.2) is 0 Å². The summed E-state index contributed by atoms with van der Waals surface area (Å²) in [5, 5.41) is 10.0. The summed E-state index contributed by atoms with van der Waals surface area (Å²) in [4.78, 5) is 12.5. The number of rotatable bonds is 0. The van der Waals surface area contributed by atoms with Crippen LogP contribution in [-0.2, 0) is 14.3 Å². The molecule has 0 saturated heterocycles. The Morgan fingerprint density at radius 3 is 2.45 bits per heavy atom. The number of carbonyl (C=O) groups excluding carboxylic acids is 1. The van der Waals surface area contributed by atoms with Crippen LogP contribution < -0.4 is 0 Å². The van der Waals surface area contributed by atoms with Gasteiger partial charge in [-0.25, -0.2) is 0 Å². The molecule has 1 aliphatic heterocycles. The van der Waals surface area contributed by atoms with Crippen LogP contribution in [0.3, 0.4) is 0 Å². The number of aliphatic hydroxyl groups is 1. The van der Waals surface area contributed by atoms with Crippen molar-refractivity contribution in [3.8, 4) is 0 Å². The zero-order valence-electron chi connectivity index (χ0n) is 13.2. The summed E-state index contributed by atoms with van der Waals surface area (Å²) in [6.07, 6.45) is 0.782. The minimum absolute atomic E-state index is 0.139. The molecule has 0 bridgehead atoms. The molecule has 1 aromatic rings. The molecule has 0 aromatic heterocycles. The van der Waals surface area contributed by atoms with Crippen molar-refractivity contribution >= 4 is 5.97 Å². The van der Waals surface area contributed by atoms with Gasteiger partial charge in [0.2, 0.25) is 0 Å². The number of benzene rings is 1. The van der Waals surface area contributed by atoms with Gasteiger partial charge in [-0.15, -0.1) is 0 Å². The SMILES string of the molecule is CC1=C[C@@H]2O[C@@H](C)c3ccccc3[C@@H](C)OC(=O)[C@@H]2C[C@H]1O. The number of carbonyl (C=O) groups is 1. The minimum Gasteiger partial charge on any atom is -0.457 e. The van der Waals surface area contributed by atoms with E-state index in [4.69, 9.17) is 9.47 Å². The van der Waals surface area contributed by atoms with Gasteiger partial charge < -0.3 is 14.6 Å². The van der Waals surface area contributed by atoms with Crippen molar-refractivity contribution in [2.75, 3.05) is 0 Å². The average molecular weight is 302 g/mol. The van der Waals surface area contributed by atoms with E-state index in [1.54, 1.807) is 0 Å². The Morgan fingerprint density at radius 2 is 1.77 bits per heavy atom. The number of hydrogen-bond donors (Lipinski definition) is 1. The molecule has 1 N–H and O–H groups in total. The molecule has 1 aromatic carbocycles. The summed E-state index contributed by atoms with van der Waals surface area (Å²) in [6, 6.07) is 7.89. The maximum absolute atomic E-state index is 12.5. The first-order valence-corrected chi connectivity index (χ1v) is 7.78. The van der Waals surface area contributed by atoms with Gasteiger partial charge in [0.1, 0.15) is 6.10 Å². The van der Waals surface area contributed by atoms with Crippen LogP contribution in [0.1, 0.15) is 50.5 Å². The van der Waals surface area contributed by atoms with Crippen LogP contribution in [0.5, 0.6) is 0 Å². The zero-order chi connectivity index (χ0) is 15.9. The summed E-state index contributed by atoms with van der Waals surface area (Å²) in [5.74, 6) is -0.762. The van der Waals surface area contributed by atoms with E-state index >= 15 is 0 Å². The van der Waals surface area contributed by atoms with Gasteiger partial charge in [0, 0.05) is 0 Å². The van der Waals surface area contributed by atoms with Crippen molar-refractivity contribution in [1.82, 2.24) is 0 Å². The summed E-state index contributed by atoms with van der Waals surface area (Å²) in [7, 11) is 0. The lowest BCUT2D eigenvalue weighted by Gasteiger charge is -2.32. The third kappa shape index (κ3) is 2.69. The molecule has 1 heterocycles. The van der Waals surface area contributed by atoms with Gasteiger partial charge in [-0.2, -0.15) is 0 Å². The molecule has 5 atom stereocenters. The Balaban J connectivity index is 2.02. The van der Waals surface area contributed by atoms with Crippen molar-refractivity contribution in [1.29, 1.82) is 0 Å². The summed E-state index contributed by atoms with van der Waals surface area (Å²) in [6.45, 7) is 5.74. The van der Waals surface area contributed by atoms with Gasteiger partial charge in [0.05, 0.1) is 24.2 Å². The standard InChI is InChI=1S/C18H22O4/c1-10-8-17-15(9-16(10)19)18(20)22-12(3)14-7-5-4-6-13(14)11(2)21-17/h4-8,11-12,15-17,19H,9H2,1-3H3/t11-,12+,15+,16+,17-/m0/s1. The van der Waals surface area contributed by atoms with E-state index in [2.05, 4.69) is 0 Å². The van der Waals surface area contributed by atoms with E-state index in [-0.39, 0.29) is 24.3 Å². The zero-order valence-corrected chi connectivity index (χ0v) is 13.2. The number of ether oxygens (including phenoxy) is 2. The predicted molar refractivity (Wildman–Crippen MR) is 82.1 cm³/mol. The van der Waals surface area contributed by atoms with Crippen molar-refractivity contribution in [2.24, 2.45) is 5.92 Å². The molecule has 0 saturated carbocycles. The second-order valence-electron chi connectivity index (χ2n) is 6.22. The van der Waals surface area contributed by atoms with Crippen LogP contribution in [0, 0.1) is 5.92 Å². The van der Waals surface area contributed by atoms with Crippen molar-refractivity contribution < 1.29 is 19.4 Å². The molecule has 22 heavy (non-hydrogen) atoms. The van der Waals surface area contributed by atoms with Crippen LogP contribution >= 0.6 is 0 Å². The van der Waals surface area contributed by atoms with E-state index in [0.29, 0.717) is 6.42 Å². The lowest BCUT2D eigenvalue weighted by atomic mass is 9.85. The highest BCUT2D eigenvalue weighted by Gasteiger charge is 2.38. The summed E-state index contributed by atoms with van der Waals surface area (Å²) >= 11 is 0. The highest BCUT2D eigenvalue weighted by atomic mass is 16.6. The Kier molecular flexibility index (Phi) is 4.06. The van der Waals surface area contributed by atoms with Crippen LogP contribution in [0.4, 0.5) is 0 Å². The fourth-order valence-electron chi connectivity index (χ4n) is 3.30. The fourth-order valence-corrected chi connectivity index (χ4v) is 3.30. The molecule has 3 rings (SSSR count). The first-order chi connectivity index (χ1) is 10.5. The first kappa shape index (κ1) is 15.3. The molecular formula is C18H22O4. The number of fused-ring (bicyclic) bond motifs is 2. The van der Waals surface area contributed by atoms with Gasteiger partial charge in [-0.1, -0.05) is 30.3 Å². The van der Waals surface area contributed by atoms with Gasteiger partial charge in [0.25, 0.3) is 0 Å². The Bertz CT molecular complexity index is 607. The maximum atomic E-state index is 12.5. The van der Waals surface area contributed by atoms with Gasteiger partial charge >= 0.3 is 5.97 Å². The van der Waals surface area contributed by atoms with Crippen molar-refractivity contribution in [2.45, 2.75) is 51.6 Å². The molecule has 0 unspecified atom stereocenters. The minimum atomic E-state index is -0.605. The van der Waals surface area contributed by atoms with E-state index in [1.165, 1.54) is 0 Å². The molecule has 0 fully saturated rings. The van der Waals surface area contributed by atoms with Crippen LogP contribution in [-0.4, -0.2) is 23.3 Å². The topological polar surface area (TPSA) is 55.8 Å². The second kappa shape index (κ2) is 5.86. The number of hydrogen-bond acceptors (Lipinski definition) is 4. The highest BCUT2D eigenvalue weighted by molar-refractivity contribution is 5.74. The van der Waals surface area contributed by atoms with E-state index in [0.717, 1.165) is 16.7 Å². The molecule has 2 aliphatic rings. The highest BCUT2D eigenvalue weighted by Crippen LogP contribution is 2.36. The number of aliphatic hydroxyl groups excluding tert-OH is 1. The van der Waals surface area contributed by atoms with E-state index in [1.807, 2.05) is 51.1 Å². The van der Waals surface area contributed by atoms with Gasteiger partial charge in [-0.05, 0) is 43.9 Å². The van der Waals surface area contributed by atoms with Crippen molar-refractivity contribution in [3.63, 3.8) is 0 Å². The van der Waals surface area contributed by atoms with Crippen LogP contribution in [0.15, 0.2) is 35.9 Å². The molecule has 0 amide bonds. The molecule has 4 heteroatoms. The van der Waals surface area contributed by atoms with Gasteiger partial charge in [-0.3, -0.25) is 4.79 Å². The first-order valence-electron chi connectivity index (χ1n) is 7.78. The maximum Gasteiger partial charge on any atom is 0.312 e. The largest absolute Gasteiger partial charge is 0.457 e. The van der Waals surface area contributed by atoms with Crippen LogP contribution in [0.2, 0.25) is 0 Å². The smallest absolute Gasteiger partial charge is 0.312 e. The lowest BCUT2D eigenvalue weighted by Crippen LogP contribution is -2.38. The monoisotopic (exact) mass is 302 g/mol. The van der Waals surface area contributed by atoms with Crippen molar-refractivity contribution in [3.05, 3.63) is 47.0 Å². The summed E-state index contributed by atoms with van der Waals surface area (Å²) < 4.78 is 11.8. The Morgan fingerprint density at radius 1 is 1.14 bits per heavy atom. The number of cyclic esters (lactones) is 1. The molecule has 118 valence electrons. The fraction of sp³-hybridized carbons (Fsp3) is 0.500. The average Bonchev–Trinajstić information content (AvgIpc) is 2.52. The molecule has 1 aliphatic carbocycles. The summed E-state index contributed by atoms with van der Waals surface area (Å²) in [5.41, 5.74) is 2.87. The number of esters is 1. The third-order valence-corrected chi connectivity index (χ3v) is 4.66. The predicted octanol–water partition coefficient (Wildman–Crippen LogP) is 3.08. The second-order valence-corrected chi connectivity index (χ2v) is 6.22. The lowest BCUT2D eigenvalue weighted by molar-refractivity contribution is -0.160. The normalized spacial score (nSPS) is 35.2. The van der Waals surface area contributed by atoms with Crippen LogP contribution in [0.25, 0.3) is 0 Å². The Hall–Kier alpha value is -1.65. The van der Waals surface area contributed by atoms with E-state index in [9.17, 15) is 9.90 Å². The molecule has 0 radical (unpaired) electrons. The quantitative estimate of drug-likeness (QED) is 0.591. The Labute approximate surface area is 130 Å². The molecule has 0 spiro atoms. The third-order valence-electron chi connectivity index (χ3n) is 4.66. The molecular weight excluding hydrogens is 280 g/mol. The van der Waals surface area contributed by atoms with E-state index < -0.39 is 12.0 Å².